The molecule has 0 saturated carbocycles. The van der Waals surface area contributed by atoms with Crippen LogP contribution >= 0.6 is 11.5 Å². The molecule has 0 bridgehead atoms. The maximum Gasteiger partial charge on any atom is 0.202 e. The Morgan fingerprint density at radius 2 is 2.35 bits per heavy atom. The lowest BCUT2D eigenvalue weighted by molar-refractivity contribution is 0.188. The molecule has 0 unspecified atom stereocenters. The number of fused-ring (bicyclic) bond motifs is 1. The summed E-state index contributed by atoms with van der Waals surface area (Å²) in [6.45, 7) is 4.67. The summed E-state index contributed by atoms with van der Waals surface area (Å²) < 4.78 is 4.32. The van der Waals surface area contributed by atoms with E-state index in [-0.39, 0.29) is 0 Å². The van der Waals surface area contributed by atoms with Gasteiger partial charge >= 0.3 is 0 Å². The van der Waals surface area contributed by atoms with E-state index in [0.29, 0.717) is 6.04 Å². The normalized spacial score (nSPS) is 29.2. The summed E-state index contributed by atoms with van der Waals surface area (Å²) in [6, 6.07) is 1.42. The van der Waals surface area contributed by atoms with Crippen LogP contribution in [0.25, 0.3) is 0 Å². The first-order valence-electron chi connectivity index (χ1n) is 6.68. The minimum Gasteiger partial charge on any atom is -0.357 e. The first-order chi connectivity index (χ1) is 8.35. The molecule has 4 nitrogen and oxygen atoms in total. The Bertz CT molecular complexity index is 378. The summed E-state index contributed by atoms with van der Waals surface area (Å²) in [5.41, 5.74) is 0. The minimum atomic E-state index is 0.604. The van der Waals surface area contributed by atoms with Gasteiger partial charge in [0.1, 0.15) is 5.82 Å². The number of aromatic nitrogens is 2. The van der Waals surface area contributed by atoms with Gasteiger partial charge in [-0.3, -0.25) is 0 Å². The molecular formula is C12H20N4S. The Hall–Kier alpha value is -0.680. The average Bonchev–Trinajstić information content (AvgIpc) is 2.96. The largest absolute Gasteiger partial charge is 0.357 e. The first kappa shape index (κ1) is 11.4. The van der Waals surface area contributed by atoms with Crippen molar-refractivity contribution in [2.24, 2.45) is 0 Å². The van der Waals surface area contributed by atoms with Crippen molar-refractivity contribution < 1.29 is 0 Å². The van der Waals surface area contributed by atoms with Crippen molar-refractivity contribution in [1.29, 1.82) is 0 Å². The Morgan fingerprint density at radius 3 is 3.18 bits per heavy atom. The molecule has 3 rings (SSSR count). The molecule has 2 atom stereocenters. The van der Waals surface area contributed by atoms with Gasteiger partial charge in [0, 0.05) is 36.6 Å². The van der Waals surface area contributed by atoms with Crippen LogP contribution in [0, 0.1) is 0 Å². The van der Waals surface area contributed by atoms with Gasteiger partial charge < -0.3 is 10.2 Å². The summed E-state index contributed by atoms with van der Waals surface area (Å²) in [4.78, 5) is 7.14. The van der Waals surface area contributed by atoms with Gasteiger partial charge in [-0.2, -0.15) is 4.37 Å². The fourth-order valence-electron chi connectivity index (χ4n) is 2.99. The number of nitrogens with zero attached hydrogens (tertiary/aromatic N) is 3. The Kier molecular flexibility index (Phi) is 3.29. The van der Waals surface area contributed by atoms with Crippen LogP contribution in [0.4, 0.5) is 5.13 Å². The predicted octanol–water partition coefficient (Wildman–Crippen LogP) is 2.14. The summed E-state index contributed by atoms with van der Waals surface area (Å²) in [5.74, 6) is 0.968. The number of hydrogen-bond acceptors (Lipinski definition) is 5. The van der Waals surface area contributed by atoms with Gasteiger partial charge in [-0.25, -0.2) is 4.98 Å². The van der Waals surface area contributed by atoms with Crippen molar-refractivity contribution in [3.8, 4) is 0 Å². The molecule has 0 amide bonds. The number of rotatable bonds is 3. The molecule has 1 N–H and O–H groups in total. The highest BCUT2D eigenvalue weighted by Gasteiger charge is 2.31. The van der Waals surface area contributed by atoms with Crippen LogP contribution in [0.15, 0.2) is 0 Å². The lowest BCUT2D eigenvalue weighted by Gasteiger charge is -2.34. The number of anilines is 1. The van der Waals surface area contributed by atoms with E-state index in [9.17, 15) is 0 Å². The second kappa shape index (κ2) is 4.90. The molecule has 0 spiro atoms. The molecular weight excluding hydrogens is 232 g/mol. The average molecular weight is 252 g/mol. The smallest absolute Gasteiger partial charge is 0.202 e. The number of aryl methyl sites for hydroxylation is 1. The summed E-state index contributed by atoms with van der Waals surface area (Å²) in [6.07, 6.45) is 6.22. The fraction of sp³-hybridized carbons (Fsp3) is 0.833. The molecule has 2 saturated heterocycles. The number of nitrogens with one attached hydrogen (secondary N) is 1. The first-order valence-corrected chi connectivity index (χ1v) is 7.45. The molecule has 1 aromatic rings. The maximum atomic E-state index is 4.49. The number of piperidine rings is 1. The third-order valence-electron chi connectivity index (χ3n) is 3.93. The highest BCUT2D eigenvalue weighted by Crippen LogP contribution is 2.28. The molecule has 94 valence electrons. The maximum absolute atomic E-state index is 4.49. The van der Waals surface area contributed by atoms with Crippen LogP contribution in [-0.4, -0.2) is 39.4 Å². The van der Waals surface area contributed by atoms with Gasteiger partial charge in [-0.05, 0) is 32.2 Å². The Morgan fingerprint density at radius 1 is 1.41 bits per heavy atom. The molecule has 2 aliphatic heterocycles. The van der Waals surface area contributed by atoms with E-state index in [1.165, 1.54) is 50.3 Å². The van der Waals surface area contributed by atoms with Gasteiger partial charge in [0.2, 0.25) is 5.13 Å². The molecule has 5 heteroatoms. The van der Waals surface area contributed by atoms with E-state index in [2.05, 4.69) is 26.5 Å². The molecule has 17 heavy (non-hydrogen) atoms. The zero-order valence-electron chi connectivity index (χ0n) is 10.4. The van der Waals surface area contributed by atoms with Crippen LogP contribution in [0.2, 0.25) is 0 Å². The van der Waals surface area contributed by atoms with Crippen LogP contribution in [0.3, 0.4) is 0 Å². The third-order valence-corrected chi connectivity index (χ3v) is 4.62. The predicted molar refractivity (Wildman–Crippen MR) is 70.5 cm³/mol. The Labute approximate surface area is 107 Å². The summed E-state index contributed by atoms with van der Waals surface area (Å²) in [7, 11) is 0. The van der Waals surface area contributed by atoms with Gasteiger partial charge in [0.15, 0.2) is 0 Å². The van der Waals surface area contributed by atoms with Gasteiger partial charge in [0.05, 0.1) is 0 Å². The molecule has 0 aromatic carbocycles. The quantitative estimate of drug-likeness (QED) is 0.895. The van der Waals surface area contributed by atoms with E-state index in [1.54, 1.807) is 0 Å². The van der Waals surface area contributed by atoms with E-state index in [0.717, 1.165) is 23.4 Å². The van der Waals surface area contributed by atoms with Gasteiger partial charge in [-0.1, -0.05) is 6.92 Å². The minimum absolute atomic E-state index is 0.604. The van der Waals surface area contributed by atoms with Crippen molar-refractivity contribution in [2.45, 2.75) is 51.1 Å². The highest BCUT2D eigenvalue weighted by atomic mass is 32.1. The van der Waals surface area contributed by atoms with E-state index < -0.39 is 0 Å². The second-order valence-electron chi connectivity index (χ2n) is 5.07. The van der Waals surface area contributed by atoms with Crippen molar-refractivity contribution in [3.05, 3.63) is 5.82 Å². The van der Waals surface area contributed by atoms with Crippen molar-refractivity contribution in [3.63, 3.8) is 0 Å². The zero-order chi connectivity index (χ0) is 11.7. The van der Waals surface area contributed by atoms with Crippen LogP contribution in [0.5, 0.6) is 0 Å². The molecule has 2 fully saturated rings. The standard InChI is InChI=1S/C12H20N4S/c1-2-11-14-12(17-15-11)13-9-5-7-16-6-3-4-10(16)8-9/h9-10H,2-8H2,1H3,(H,13,14,15)/t9-,10+/m1/s1. The molecule has 2 aliphatic rings. The lowest BCUT2D eigenvalue weighted by atomic mass is 9.98. The Balaban J connectivity index is 1.58. The van der Waals surface area contributed by atoms with Crippen LogP contribution < -0.4 is 5.32 Å². The topological polar surface area (TPSA) is 41.1 Å². The monoisotopic (exact) mass is 252 g/mol. The zero-order valence-corrected chi connectivity index (χ0v) is 11.2. The SMILES string of the molecule is CCc1nsc(N[C@@H]2CCN3CCC[C@H]3C2)n1. The van der Waals surface area contributed by atoms with E-state index in [1.807, 2.05) is 0 Å². The lowest BCUT2D eigenvalue weighted by Crippen LogP contribution is -2.42. The van der Waals surface area contributed by atoms with Gasteiger partial charge in [-0.15, -0.1) is 0 Å². The van der Waals surface area contributed by atoms with Crippen molar-refractivity contribution >= 4 is 16.7 Å². The van der Waals surface area contributed by atoms with Crippen molar-refractivity contribution in [2.75, 3.05) is 18.4 Å². The molecule has 1 aromatic heterocycles. The van der Waals surface area contributed by atoms with Crippen LogP contribution in [0.1, 0.15) is 38.4 Å². The number of hydrogen-bond donors (Lipinski definition) is 1. The van der Waals surface area contributed by atoms with Gasteiger partial charge in [0.25, 0.3) is 0 Å². The van der Waals surface area contributed by atoms with E-state index >= 15 is 0 Å². The fourth-order valence-corrected chi connectivity index (χ4v) is 3.71. The summed E-state index contributed by atoms with van der Waals surface area (Å²) >= 11 is 1.51. The molecule has 0 aliphatic carbocycles. The summed E-state index contributed by atoms with van der Waals surface area (Å²) in [5, 5.41) is 4.58. The second-order valence-corrected chi connectivity index (χ2v) is 5.82. The van der Waals surface area contributed by atoms with Crippen molar-refractivity contribution in [1.82, 2.24) is 14.3 Å². The van der Waals surface area contributed by atoms with Crippen LogP contribution in [-0.2, 0) is 6.42 Å². The van der Waals surface area contributed by atoms with E-state index in [4.69, 9.17) is 0 Å². The third kappa shape index (κ3) is 2.45. The molecule has 3 heterocycles. The molecule has 0 radical (unpaired) electrons. The highest BCUT2D eigenvalue weighted by molar-refractivity contribution is 7.09.